The predicted molar refractivity (Wildman–Crippen MR) is 172 cm³/mol. The Hall–Kier alpha value is -3.42. The first-order valence-corrected chi connectivity index (χ1v) is 16.3. The minimum Gasteiger partial charge on any atom is -0.495 e. The topological polar surface area (TPSA) is 138 Å². The van der Waals surface area contributed by atoms with Gasteiger partial charge in [-0.05, 0) is 62.4 Å². The van der Waals surface area contributed by atoms with Crippen LogP contribution in [0.2, 0.25) is 0 Å². The monoisotopic (exact) mass is 619 g/mol. The quantitative estimate of drug-likeness (QED) is 0.273. The summed E-state index contributed by atoms with van der Waals surface area (Å²) in [6.07, 6.45) is 1.03. The highest BCUT2D eigenvalue weighted by atomic mass is 16.5. The van der Waals surface area contributed by atoms with Crippen LogP contribution in [-0.4, -0.2) is 127 Å². The third-order valence-corrected chi connectivity index (χ3v) is 10.7. The first-order chi connectivity index (χ1) is 21.7. The summed E-state index contributed by atoms with van der Waals surface area (Å²) in [6.45, 7) is 10.3. The number of carbonyl (C=O) groups excluding carboxylic acids is 2. The number of piperidine rings is 2. The number of imide groups is 1. The second-order valence-electron chi connectivity index (χ2n) is 13.2. The number of amides is 2. The Kier molecular flexibility index (Phi) is 8.11. The zero-order chi connectivity index (χ0) is 31.4. The van der Waals surface area contributed by atoms with Gasteiger partial charge >= 0.3 is 0 Å². The minimum absolute atomic E-state index is 0.354. The Morgan fingerprint density at radius 1 is 0.822 bits per heavy atom. The molecular weight excluding hydrogens is 574 g/mol. The standard InChI is InChI=1S/C33H45N7O5/c1-20-15-26(34)29(45-2)17-28(20)38-9-7-21(8-10-38)36-11-13-37(14-12-36)23-18-39(19-23)22-3-4-24-25(16-22)33(44)40(32(24)43)27-5-6-30(41)35-31(27)42/h3-4,15-17,21,23,27,30-31,35,41-42H,5-14,18-19,34H2,1-2H3. The minimum atomic E-state index is -1.15. The number of aryl methyl sites for hydroxylation is 1. The van der Waals surface area contributed by atoms with E-state index in [1.807, 2.05) is 18.2 Å². The Labute approximate surface area is 264 Å². The Bertz CT molecular complexity index is 1450. The fourth-order valence-corrected chi connectivity index (χ4v) is 7.95. The highest BCUT2D eigenvalue weighted by molar-refractivity contribution is 6.22. The van der Waals surface area contributed by atoms with Crippen molar-refractivity contribution in [2.45, 2.75) is 63.2 Å². The van der Waals surface area contributed by atoms with Crippen molar-refractivity contribution in [2.75, 3.05) is 75.0 Å². The normalized spacial score (nSPS) is 27.2. The maximum Gasteiger partial charge on any atom is 0.262 e. The van der Waals surface area contributed by atoms with Gasteiger partial charge in [-0.1, -0.05) is 0 Å². The molecule has 3 unspecified atom stereocenters. The first-order valence-electron chi connectivity index (χ1n) is 16.3. The number of piperazine rings is 1. The van der Waals surface area contributed by atoms with Crippen molar-refractivity contribution in [3.8, 4) is 5.75 Å². The van der Waals surface area contributed by atoms with E-state index in [2.05, 4.69) is 37.9 Å². The summed E-state index contributed by atoms with van der Waals surface area (Å²) in [4.78, 5) is 37.6. The van der Waals surface area contributed by atoms with Crippen molar-refractivity contribution in [1.82, 2.24) is 20.0 Å². The van der Waals surface area contributed by atoms with Gasteiger partial charge in [-0.2, -0.15) is 0 Å². The number of nitrogens with two attached hydrogens (primary N) is 1. The molecule has 0 bridgehead atoms. The van der Waals surface area contributed by atoms with Crippen molar-refractivity contribution < 1.29 is 24.5 Å². The van der Waals surface area contributed by atoms with Crippen LogP contribution in [0.4, 0.5) is 17.1 Å². The van der Waals surface area contributed by atoms with Gasteiger partial charge in [-0.15, -0.1) is 0 Å². The number of nitrogen functional groups attached to an aromatic ring is 1. The summed E-state index contributed by atoms with van der Waals surface area (Å²) in [5, 5.41) is 22.8. The number of fused-ring (bicyclic) bond motifs is 1. The van der Waals surface area contributed by atoms with Gasteiger partial charge in [-0.25, -0.2) is 0 Å². The lowest BCUT2D eigenvalue weighted by atomic mass is 9.99. The number of hydrogen-bond acceptors (Lipinski definition) is 11. The number of methoxy groups -OCH3 is 1. The van der Waals surface area contributed by atoms with Gasteiger partial charge < -0.3 is 30.5 Å². The van der Waals surface area contributed by atoms with E-state index in [9.17, 15) is 19.8 Å². The van der Waals surface area contributed by atoms with E-state index < -0.39 is 18.5 Å². The second-order valence-corrected chi connectivity index (χ2v) is 13.2. The molecule has 2 aromatic rings. The predicted octanol–water partition coefficient (Wildman–Crippen LogP) is 1.05. The number of benzene rings is 2. The molecule has 0 radical (unpaired) electrons. The number of ether oxygens (including phenoxy) is 1. The molecule has 45 heavy (non-hydrogen) atoms. The molecule has 0 spiro atoms. The Morgan fingerprint density at radius 2 is 1.49 bits per heavy atom. The molecule has 0 aliphatic carbocycles. The van der Waals surface area contributed by atoms with Crippen LogP contribution in [0.5, 0.6) is 5.75 Å². The van der Waals surface area contributed by atoms with Gasteiger partial charge in [0.05, 0.1) is 30.0 Å². The maximum absolute atomic E-state index is 13.3. The van der Waals surface area contributed by atoms with E-state index in [4.69, 9.17) is 10.5 Å². The summed E-state index contributed by atoms with van der Waals surface area (Å²) in [5.41, 5.74) is 10.9. The van der Waals surface area contributed by atoms with Gasteiger partial charge in [0, 0.05) is 81.9 Å². The number of nitrogens with one attached hydrogen (secondary N) is 1. The average molecular weight is 620 g/mol. The summed E-state index contributed by atoms with van der Waals surface area (Å²) < 4.78 is 5.47. The van der Waals surface area contributed by atoms with Crippen molar-refractivity contribution >= 4 is 28.9 Å². The zero-order valence-corrected chi connectivity index (χ0v) is 26.2. The molecule has 12 heteroatoms. The van der Waals surface area contributed by atoms with Gasteiger partial charge in [0.25, 0.3) is 11.8 Å². The van der Waals surface area contributed by atoms with Crippen LogP contribution >= 0.6 is 0 Å². The number of rotatable bonds is 6. The van der Waals surface area contributed by atoms with Crippen molar-refractivity contribution in [2.24, 2.45) is 0 Å². The van der Waals surface area contributed by atoms with Crippen LogP contribution in [0.25, 0.3) is 0 Å². The van der Waals surface area contributed by atoms with E-state index in [0.717, 1.165) is 81.5 Å². The molecule has 2 amide bonds. The number of hydrogen-bond donors (Lipinski definition) is 4. The van der Waals surface area contributed by atoms with Crippen LogP contribution in [0, 0.1) is 6.92 Å². The molecule has 5 aliphatic heterocycles. The lowest BCUT2D eigenvalue weighted by molar-refractivity contribution is -0.0413. The lowest BCUT2D eigenvalue weighted by Gasteiger charge is -2.50. The van der Waals surface area contributed by atoms with Crippen LogP contribution in [0.3, 0.4) is 0 Å². The first kappa shape index (κ1) is 30.2. The molecule has 242 valence electrons. The van der Waals surface area contributed by atoms with Gasteiger partial charge in [-0.3, -0.25) is 29.6 Å². The molecule has 7 rings (SSSR count). The molecule has 5 aliphatic rings. The molecule has 2 aromatic carbocycles. The summed E-state index contributed by atoms with van der Waals surface area (Å²) in [6, 6.07) is 9.98. The van der Waals surface area contributed by atoms with Crippen LogP contribution in [0.15, 0.2) is 30.3 Å². The third kappa shape index (κ3) is 5.52. The van der Waals surface area contributed by atoms with Crippen molar-refractivity contribution in [1.29, 1.82) is 0 Å². The molecule has 0 saturated carbocycles. The van der Waals surface area contributed by atoms with Crippen molar-refractivity contribution in [3.05, 3.63) is 47.0 Å². The van der Waals surface area contributed by atoms with E-state index in [-0.39, 0.29) is 11.8 Å². The molecule has 4 fully saturated rings. The number of carbonyl (C=O) groups is 2. The Balaban J connectivity index is 0.894. The van der Waals surface area contributed by atoms with Crippen LogP contribution in [-0.2, 0) is 0 Å². The smallest absolute Gasteiger partial charge is 0.262 e. The number of nitrogens with zero attached hydrogens (tertiary/aromatic N) is 5. The summed E-state index contributed by atoms with van der Waals surface area (Å²) in [5.74, 6) is -0.0129. The van der Waals surface area contributed by atoms with Gasteiger partial charge in [0.1, 0.15) is 18.2 Å². The molecule has 4 saturated heterocycles. The SMILES string of the molecule is COc1cc(N2CCC(N3CCN(C4CN(c5ccc6c(c5)C(=O)N(C5CCC(O)NC5O)C6=O)C4)CC3)CC2)c(C)cc1N. The van der Waals surface area contributed by atoms with E-state index in [1.54, 1.807) is 13.2 Å². The maximum atomic E-state index is 13.3. The van der Waals surface area contributed by atoms with E-state index in [1.165, 1.54) is 11.3 Å². The van der Waals surface area contributed by atoms with Gasteiger partial charge in [0.15, 0.2) is 0 Å². The number of anilines is 3. The highest BCUT2D eigenvalue weighted by Crippen LogP contribution is 2.35. The summed E-state index contributed by atoms with van der Waals surface area (Å²) >= 11 is 0. The summed E-state index contributed by atoms with van der Waals surface area (Å²) in [7, 11) is 1.67. The van der Waals surface area contributed by atoms with E-state index >= 15 is 0 Å². The van der Waals surface area contributed by atoms with E-state index in [0.29, 0.717) is 41.7 Å². The molecule has 3 atom stereocenters. The fraction of sp³-hybridized carbons (Fsp3) is 0.576. The average Bonchev–Trinajstić information content (AvgIpc) is 3.26. The lowest BCUT2D eigenvalue weighted by Crippen LogP contribution is -2.64. The van der Waals surface area contributed by atoms with Crippen molar-refractivity contribution in [3.63, 3.8) is 0 Å². The highest BCUT2D eigenvalue weighted by Gasteiger charge is 2.45. The van der Waals surface area contributed by atoms with Crippen LogP contribution in [0.1, 0.15) is 52.0 Å². The largest absolute Gasteiger partial charge is 0.495 e. The number of aliphatic hydroxyl groups excluding tert-OH is 2. The molecule has 12 nitrogen and oxygen atoms in total. The van der Waals surface area contributed by atoms with Gasteiger partial charge in [0.2, 0.25) is 0 Å². The molecule has 5 heterocycles. The third-order valence-electron chi connectivity index (χ3n) is 10.7. The van der Waals surface area contributed by atoms with Crippen LogP contribution < -0.4 is 25.6 Å². The Morgan fingerprint density at radius 3 is 2.16 bits per heavy atom. The fourth-order valence-electron chi connectivity index (χ4n) is 7.95. The molecular formula is C33H45N7O5. The second kappa shape index (κ2) is 12.1. The zero-order valence-electron chi connectivity index (χ0n) is 26.2. The molecule has 5 N–H and O–H groups in total. The molecule has 0 aromatic heterocycles. The number of aliphatic hydroxyl groups is 2.